The van der Waals surface area contributed by atoms with Gasteiger partial charge in [-0.3, -0.25) is 0 Å². The summed E-state index contributed by atoms with van der Waals surface area (Å²) in [4.78, 5) is 0. The number of alkyl halides is 1. The van der Waals surface area contributed by atoms with Gasteiger partial charge in [0.25, 0.3) is 0 Å². The first kappa shape index (κ1) is 11.1. The third-order valence-corrected chi connectivity index (χ3v) is 2.13. The normalized spacial score (nSPS) is 14.1. The minimum absolute atomic E-state index is 0.133. The van der Waals surface area contributed by atoms with Crippen LogP contribution in [0.3, 0.4) is 0 Å². The maximum Gasteiger partial charge on any atom is 0.130 e. The molecule has 0 radical (unpaired) electrons. The van der Waals surface area contributed by atoms with Gasteiger partial charge in [-0.2, -0.15) is 0 Å². The first-order chi connectivity index (χ1) is 6.32. The predicted molar refractivity (Wildman–Crippen MR) is 51.2 cm³/mol. The minimum Gasteiger partial charge on any atom is -0.389 e. The van der Waals surface area contributed by atoms with Crippen molar-refractivity contribution in [3.63, 3.8) is 0 Å². The second kappa shape index (κ2) is 3.65. The molecular formula is C11H14F2O. The Balaban J connectivity index is 3.20. The molecule has 3 heteroatoms. The molecule has 1 rings (SSSR count). The Morgan fingerprint density at radius 3 is 2.36 bits per heavy atom. The van der Waals surface area contributed by atoms with E-state index in [1.807, 2.05) is 0 Å². The van der Waals surface area contributed by atoms with Crippen molar-refractivity contribution in [3.8, 4) is 0 Å². The smallest absolute Gasteiger partial charge is 0.130 e. The second-order valence-electron chi connectivity index (χ2n) is 3.88. The maximum atomic E-state index is 13.5. The topological polar surface area (TPSA) is 20.2 Å². The van der Waals surface area contributed by atoms with E-state index in [2.05, 4.69) is 0 Å². The average Bonchev–Trinajstić information content (AvgIpc) is 2.02. The van der Waals surface area contributed by atoms with Gasteiger partial charge in [-0.25, -0.2) is 8.78 Å². The summed E-state index contributed by atoms with van der Waals surface area (Å²) in [6.45, 7) is 4.24. The van der Waals surface area contributed by atoms with Crippen LogP contribution < -0.4 is 0 Å². The number of aliphatic hydroxyl groups is 1. The molecule has 0 aromatic heterocycles. The van der Waals surface area contributed by atoms with E-state index in [-0.39, 0.29) is 5.56 Å². The molecule has 1 aromatic carbocycles. The molecule has 78 valence electrons. The van der Waals surface area contributed by atoms with E-state index in [0.717, 1.165) is 0 Å². The van der Waals surface area contributed by atoms with Gasteiger partial charge in [0.1, 0.15) is 11.5 Å². The van der Waals surface area contributed by atoms with Gasteiger partial charge < -0.3 is 5.11 Å². The van der Waals surface area contributed by atoms with Gasteiger partial charge in [0.15, 0.2) is 0 Å². The standard InChI is InChI=1S/C11H14F2O/c1-7(14)9-6-8(11(2,3)13)4-5-10(9)12/h4-7,14H,1-3H3. The van der Waals surface area contributed by atoms with Crippen LogP contribution in [0.2, 0.25) is 0 Å². The molecule has 1 nitrogen and oxygen atoms in total. The lowest BCUT2D eigenvalue weighted by Gasteiger charge is -2.17. The highest BCUT2D eigenvalue weighted by molar-refractivity contribution is 5.29. The van der Waals surface area contributed by atoms with Crippen molar-refractivity contribution in [1.82, 2.24) is 0 Å². The van der Waals surface area contributed by atoms with Crippen molar-refractivity contribution < 1.29 is 13.9 Å². The third kappa shape index (κ3) is 2.29. The summed E-state index contributed by atoms with van der Waals surface area (Å²) < 4.78 is 26.6. The molecule has 0 fully saturated rings. The first-order valence-corrected chi connectivity index (χ1v) is 4.49. The zero-order valence-corrected chi connectivity index (χ0v) is 8.51. The number of aliphatic hydroxyl groups excluding tert-OH is 1. The van der Waals surface area contributed by atoms with Gasteiger partial charge >= 0.3 is 0 Å². The Hall–Kier alpha value is -0.960. The third-order valence-electron chi connectivity index (χ3n) is 2.13. The number of hydrogen-bond acceptors (Lipinski definition) is 1. The van der Waals surface area contributed by atoms with Gasteiger partial charge in [0.05, 0.1) is 6.10 Å². The van der Waals surface area contributed by atoms with E-state index in [4.69, 9.17) is 0 Å². The quantitative estimate of drug-likeness (QED) is 0.777. The molecule has 1 unspecified atom stereocenters. The zero-order chi connectivity index (χ0) is 10.9. The summed E-state index contributed by atoms with van der Waals surface area (Å²) in [6.07, 6.45) is -0.919. The molecule has 0 heterocycles. The van der Waals surface area contributed by atoms with Crippen molar-refractivity contribution >= 4 is 0 Å². The fourth-order valence-electron chi connectivity index (χ4n) is 1.23. The highest BCUT2D eigenvalue weighted by Gasteiger charge is 2.20. The molecule has 0 bridgehead atoms. The predicted octanol–water partition coefficient (Wildman–Crippen LogP) is 3.08. The van der Waals surface area contributed by atoms with E-state index in [1.165, 1.54) is 39.0 Å². The number of benzene rings is 1. The van der Waals surface area contributed by atoms with Crippen LogP contribution in [0.4, 0.5) is 8.78 Å². The molecule has 1 atom stereocenters. The molecule has 0 aliphatic carbocycles. The van der Waals surface area contributed by atoms with Crippen molar-refractivity contribution in [2.24, 2.45) is 0 Å². The summed E-state index contributed by atoms with van der Waals surface area (Å²) in [5, 5.41) is 9.23. The summed E-state index contributed by atoms with van der Waals surface area (Å²) >= 11 is 0. The van der Waals surface area contributed by atoms with Crippen molar-refractivity contribution in [3.05, 3.63) is 35.1 Å². The van der Waals surface area contributed by atoms with E-state index < -0.39 is 17.6 Å². The largest absolute Gasteiger partial charge is 0.389 e. The molecule has 0 saturated carbocycles. The molecular weight excluding hydrogens is 186 g/mol. The second-order valence-corrected chi connectivity index (χ2v) is 3.88. The SMILES string of the molecule is CC(O)c1cc(C(C)(C)F)ccc1F. The lowest BCUT2D eigenvalue weighted by molar-refractivity contribution is 0.191. The highest BCUT2D eigenvalue weighted by Crippen LogP contribution is 2.28. The lowest BCUT2D eigenvalue weighted by atomic mass is 9.96. The zero-order valence-electron chi connectivity index (χ0n) is 8.51. The Morgan fingerprint density at radius 2 is 1.93 bits per heavy atom. The number of halogens is 2. The van der Waals surface area contributed by atoms with Gasteiger partial charge in [-0.1, -0.05) is 6.07 Å². The molecule has 0 saturated heterocycles. The molecule has 0 amide bonds. The van der Waals surface area contributed by atoms with Gasteiger partial charge in [0, 0.05) is 5.56 Å². The lowest BCUT2D eigenvalue weighted by Crippen LogP contribution is -2.10. The Bertz CT molecular complexity index is 327. The van der Waals surface area contributed by atoms with Crippen LogP contribution in [0.1, 0.15) is 38.0 Å². The molecule has 1 aromatic rings. The average molecular weight is 200 g/mol. The fourth-order valence-corrected chi connectivity index (χ4v) is 1.23. The van der Waals surface area contributed by atoms with Crippen LogP contribution in [0, 0.1) is 5.82 Å². The number of hydrogen-bond donors (Lipinski definition) is 1. The monoisotopic (exact) mass is 200 g/mol. The summed E-state index contributed by atoms with van der Waals surface area (Å²) in [7, 11) is 0. The minimum atomic E-state index is -1.52. The van der Waals surface area contributed by atoms with Crippen molar-refractivity contribution in [2.45, 2.75) is 32.5 Å². The summed E-state index contributed by atoms with van der Waals surface area (Å²) in [6, 6.07) is 3.93. The van der Waals surface area contributed by atoms with Crippen LogP contribution >= 0.6 is 0 Å². The first-order valence-electron chi connectivity index (χ1n) is 4.49. The van der Waals surface area contributed by atoms with E-state index >= 15 is 0 Å². The Morgan fingerprint density at radius 1 is 1.36 bits per heavy atom. The summed E-state index contributed by atoms with van der Waals surface area (Å²) in [5.74, 6) is -0.506. The van der Waals surface area contributed by atoms with E-state index in [0.29, 0.717) is 5.56 Å². The van der Waals surface area contributed by atoms with Crippen molar-refractivity contribution in [1.29, 1.82) is 0 Å². The van der Waals surface area contributed by atoms with E-state index in [1.54, 1.807) is 0 Å². The molecule has 14 heavy (non-hydrogen) atoms. The van der Waals surface area contributed by atoms with Crippen molar-refractivity contribution in [2.75, 3.05) is 0 Å². The van der Waals surface area contributed by atoms with Crippen LogP contribution in [0.25, 0.3) is 0 Å². The maximum absolute atomic E-state index is 13.5. The summed E-state index contributed by atoms with van der Waals surface area (Å²) in [5.41, 5.74) is -1.01. The van der Waals surface area contributed by atoms with Crippen LogP contribution in [0.5, 0.6) is 0 Å². The molecule has 0 aliphatic heterocycles. The number of rotatable bonds is 2. The fraction of sp³-hybridized carbons (Fsp3) is 0.455. The van der Waals surface area contributed by atoms with Crippen LogP contribution in [-0.4, -0.2) is 5.11 Å². The van der Waals surface area contributed by atoms with Gasteiger partial charge in [-0.05, 0) is 38.5 Å². The van der Waals surface area contributed by atoms with Crippen LogP contribution in [0.15, 0.2) is 18.2 Å². The molecule has 0 aliphatic rings. The highest BCUT2D eigenvalue weighted by atomic mass is 19.1. The Labute approximate surface area is 82.4 Å². The molecule has 1 N–H and O–H groups in total. The van der Waals surface area contributed by atoms with Gasteiger partial charge in [-0.15, -0.1) is 0 Å². The van der Waals surface area contributed by atoms with Crippen LogP contribution in [-0.2, 0) is 5.67 Å². The van der Waals surface area contributed by atoms with Gasteiger partial charge in [0.2, 0.25) is 0 Å². The molecule has 0 spiro atoms. The van der Waals surface area contributed by atoms with E-state index in [9.17, 15) is 13.9 Å². The Kier molecular flexibility index (Phi) is 2.90.